The lowest BCUT2D eigenvalue weighted by molar-refractivity contribution is -0.136. The molecule has 1 N–H and O–H groups in total. The topological polar surface area (TPSA) is 66.5 Å². The maximum atomic E-state index is 13.8. The van der Waals surface area contributed by atoms with Crippen LogP contribution in [0.5, 0.6) is 0 Å². The molecular formula is C18H25FN2O3S. The molecule has 2 fully saturated rings. The fourth-order valence-electron chi connectivity index (χ4n) is 4.32. The van der Waals surface area contributed by atoms with Gasteiger partial charge in [0.25, 0.3) is 0 Å². The number of nitrogens with zero attached hydrogens (tertiary/aromatic N) is 1. The Labute approximate surface area is 148 Å². The summed E-state index contributed by atoms with van der Waals surface area (Å²) >= 11 is 0. The second-order valence-electron chi connectivity index (χ2n) is 7.22. The molecule has 7 heteroatoms. The van der Waals surface area contributed by atoms with Crippen LogP contribution >= 0.6 is 0 Å². The number of hydrogen-bond donors (Lipinski definition) is 1. The van der Waals surface area contributed by atoms with Gasteiger partial charge in [-0.1, -0.05) is 25.0 Å². The minimum absolute atomic E-state index is 0.112. The molecule has 4 atom stereocenters. The zero-order chi connectivity index (χ0) is 18.2. The van der Waals surface area contributed by atoms with Gasteiger partial charge in [0.05, 0.1) is 6.04 Å². The molecule has 1 aromatic rings. The fourth-order valence-corrected chi connectivity index (χ4v) is 5.60. The van der Waals surface area contributed by atoms with E-state index in [1.807, 2.05) is 11.8 Å². The van der Waals surface area contributed by atoms with Gasteiger partial charge < -0.3 is 4.90 Å². The molecule has 0 spiro atoms. The monoisotopic (exact) mass is 368 g/mol. The van der Waals surface area contributed by atoms with Crippen LogP contribution in [-0.4, -0.2) is 37.4 Å². The van der Waals surface area contributed by atoms with Crippen molar-refractivity contribution in [2.24, 2.45) is 5.92 Å². The van der Waals surface area contributed by atoms with Crippen LogP contribution in [0.2, 0.25) is 0 Å². The Morgan fingerprint density at radius 3 is 2.68 bits per heavy atom. The smallest absolute Gasteiger partial charge is 0.244 e. The Hall–Kier alpha value is -1.47. The van der Waals surface area contributed by atoms with Crippen LogP contribution in [0.4, 0.5) is 4.39 Å². The quantitative estimate of drug-likeness (QED) is 0.888. The zero-order valence-electron chi connectivity index (χ0n) is 14.6. The first-order chi connectivity index (χ1) is 11.8. The van der Waals surface area contributed by atoms with E-state index >= 15 is 0 Å². The van der Waals surface area contributed by atoms with E-state index in [1.165, 1.54) is 31.5 Å². The molecule has 25 heavy (non-hydrogen) atoms. The molecule has 0 aromatic heterocycles. The molecule has 1 aliphatic heterocycles. The van der Waals surface area contributed by atoms with Gasteiger partial charge in [-0.3, -0.25) is 4.79 Å². The highest BCUT2D eigenvalue weighted by Gasteiger charge is 2.44. The van der Waals surface area contributed by atoms with Crippen molar-refractivity contribution in [1.82, 2.24) is 9.62 Å². The summed E-state index contributed by atoms with van der Waals surface area (Å²) in [6.45, 7) is 3.55. The third kappa shape index (κ3) is 3.58. The average molecular weight is 368 g/mol. The summed E-state index contributed by atoms with van der Waals surface area (Å²) in [5.74, 6) is -0.526. The van der Waals surface area contributed by atoms with Gasteiger partial charge in [-0.25, -0.2) is 12.8 Å². The van der Waals surface area contributed by atoms with Gasteiger partial charge >= 0.3 is 0 Å². The lowest BCUT2D eigenvalue weighted by Crippen LogP contribution is -2.51. The summed E-state index contributed by atoms with van der Waals surface area (Å²) in [7, 11) is -4.08. The molecule has 0 bridgehead atoms. The molecule has 1 amide bonds. The van der Waals surface area contributed by atoms with Gasteiger partial charge in [0.1, 0.15) is 10.7 Å². The first-order valence-electron chi connectivity index (χ1n) is 8.90. The second kappa shape index (κ2) is 7.03. The van der Waals surface area contributed by atoms with Crippen molar-refractivity contribution in [3.05, 3.63) is 30.1 Å². The van der Waals surface area contributed by atoms with Crippen molar-refractivity contribution >= 4 is 15.9 Å². The van der Waals surface area contributed by atoms with Gasteiger partial charge in [-0.2, -0.15) is 4.72 Å². The number of likely N-dealkylation sites (tertiary alicyclic amines) is 1. The van der Waals surface area contributed by atoms with E-state index in [1.54, 1.807) is 0 Å². The van der Waals surface area contributed by atoms with Crippen molar-refractivity contribution in [2.45, 2.75) is 69.0 Å². The van der Waals surface area contributed by atoms with Crippen LogP contribution < -0.4 is 4.72 Å². The molecule has 1 heterocycles. The van der Waals surface area contributed by atoms with E-state index in [-0.39, 0.29) is 18.0 Å². The van der Waals surface area contributed by atoms with E-state index < -0.39 is 26.8 Å². The van der Waals surface area contributed by atoms with Crippen molar-refractivity contribution < 1.29 is 17.6 Å². The first-order valence-corrected chi connectivity index (χ1v) is 10.4. The number of sulfonamides is 1. The molecular weight excluding hydrogens is 343 g/mol. The summed E-state index contributed by atoms with van der Waals surface area (Å²) in [5.41, 5.74) is 0. The second-order valence-corrected chi connectivity index (χ2v) is 8.90. The Balaban J connectivity index is 1.75. The Kier molecular flexibility index (Phi) is 5.16. The van der Waals surface area contributed by atoms with Gasteiger partial charge in [0, 0.05) is 12.1 Å². The first kappa shape index (κ1) is 18.3. The predicted octanol–water partition coefficient (Wildman–Crippen LogP) is 2.67. The SMILES string of the molecule is C[C@H](NS(=O)(=O)c1ccccc1F)C(=O)N1[C@@H](C)C[C@H]2CCCC[C@@H]21. The highest BCUT2D eigenvalue weighted by Crippen LogP contribution is 2.39. The number of carbonyl (C=O) groups is 1. The molecule has 2 aliphatic rings. The van der Waals surface area contributed by atoms with E-state index in [9.17, 15) is 17.6 Å². The largest absolute Gasteiger partial charge is 0.335 e. The van der Waals surface area contributed by atoms with Crippen molar-refractivity contribution in [2.75, 3.05) is 0 Å². The van der Waals surface area contributed by atoms with Crippen molar-refractivity contribution in [3.8, 4) is 0 Å². The standard InChI is InChI=1S/C18H25FN2O3S/c1-12-11-14-7-3-5-9-16(14)21(12)18(22)13(2)20-25(23,24)17-10-6-4-8-15(17)19/h4,6,8,10,12-14,16,20H,3,5,7,9,11H2,1-2H3/t12-,13-,14+,16-/m0/s1. The van der Waals surface area contributed by atoms with Gasteiger partial charge in [0.2, 0.25) is 15.9 Å². The van der Waals surface area contributed by atoms with Crippen LogP contribution in [0.25, 0.3) is 0 Å². The number of amides is 1. The van der Waals surface area contributed by atoms with Gasteiger partial charge in [0.15, 0.2) is 0 Å². The van der Waals surface area contributed by atoms with E-state index in [4.69, 9.17) is 0 Å². The van der Waals surface area contributed by atoms with E-state index in [0.29, 0.717) is 5.92 Å². The van der Waals surface area contributed by atoms with Crippen molar-refractivity contribution in [3.63, 3.8) is 0 Å². The number of nitrogens with one attached hydrogen (secondary N) is 1. The highest BCUT2D eigenvalue weighted by atomic mass is 32.2. The fraction of sp³-hybridized carbons (Fsp3) is 0.611. The summed E-state index contributed by atoms with van der Waals surface area (Å²) in [5, 5.41) is 0. The lowest BCUT2D eigenvalue weighted by atomic mass is 9.85. The van der Waals surface area contributed by atoms with Crippen LogP contribution in [0.15, 0.2) is 29.2 Å². The third-order valence-electron chi connectivity index (χ3n) is 5.43. The van der Waals surface area contributed by atoms with Crippen molar-refractivity contribution in [1.29, 1.82) is 0 Å². The third-order valence-corrected chi connectivity index (χ3v) is 7.00. The molecule has 138 valence electrons. The lowest BCUT2D eigenvalue weighted by Gasteiger charge is -2.35. The maximum absolute atomic E-state index is 13.8. The van der Waals surface area contributed by atoms with Gasteiger partial charge in [-0.05, 0) is 51.2 Å². The summed E-state index contributed by atoms with van der Waals surface area (Å²) in [6, 6.07) is 4.57. The number of rotatable bonds is 4. The summed E-state index contributed by atoms with van der Waals surface area (Å²) in [4.78, 5) is 14.3. The minimum atomic E-state index is -4.08. The molecule has 0 unspecified atom stereocenters. The van der Waals surface area contributed by atoms with Crippen LogP contribution in [0.3, 0.4) is 0 Å². The van der Waals surface area contributed by atoms with E-state index in [0.717, 1.165) is 31.7 Å². The summed E-state index contributed by atoms with van der Waals surface area (Å²) in [6.07, 6.45) is 5.39. The average Bonchev–Trinajstić information content (AvgIpc) is 2.89. The molecule has 3 rings (SSSR count). The number of fused-ring (bicyclic) bond motifs is 1. The highest BCUT2D eigenvalue weighted by molar-refractivity contribution is 7.89. The summed E-state index contributed by atoms with van der Waals surface area (Å²) < 4.78 is 41.0. The molecule has 5 nitrogen and oxygen atoms in total. The predicted molar refractivity (Wildman–Crippen MR) is 92.9 cm³/mol. The normalized spacial score (nSPS) is 27.8. The van der Waals surface area contributed by atoms with Crippen LogP contribution in [-0.2, 0) is 14.8 Å². The van der Waals surface area contributed by atoms with Crippen LogP contribution in [0.1, 0.15) is 46.0 Å². The Morgan fingerprint density at radius 2 is 1.96 bits per heavy atom. The maximum Gasteiger partial charge on any atom is 0.244 e. The molecule has 1 aliphatic carbocycles. The Morgan fingerprint density at radius 1 is 1.28 bits per heavy atom. The van der Waals surface area contributed by atoms with Crippen LogP contribution in [0, 0.1) is 11.7 Å². The minimum Gasteiger partial charge on any atom is -0.335 e. The number of halogens is 1. The Bertz CT molecular complexity index is 752. The molecule has 1 aromatic carbocycles. The number of hydrogen-bond acceptors (Lipinski definition) is 3. The zero-order valence-corrected chi connectivity index (χ0v) is 15.4. The number of benzene rings is 1. The molecule has 0 radical (unpaired) electrons. The van der Waals surface area contributed by atoms with Gasteiger partial charge in [-0.15, -0.1) is 0 Å². The molecule has 1 saturated heterocycles. The number of carbonyl (C=O) groups excluding carboxylic acids is 1. The molecule has 1 saturated carbocycles. The van der Waals surface area contributed by atoms with E-state index in [2.05, 4.69) is 4.72 Å².